The highest BCUT2D eigenvalue weighted by Crippen LogP contribution is 2.12. The zero-order chi connectivity index (χ0) is 30.6. The Morgan fingerprint density at radius 3 is 1.95 bits per heavy atom. The quantitative estimate of drug-likeness (QED) is 0.0295. The molecule has 0 saturated carbocycles. The number of nitrogens with one attached hydrogen (secondary N) is 3. The van der Waals surface area contributed by atoms with E-state index >= 15 is 0 Å². The molecule has 13 nitrogen and oxygen atoms in total. The highest BCUT2D eigenvalue weighted by Gasteiger charge is 2.34. The highest BCUT2D eigenvalue weighted by molar-refractivity contribution is 7.82. The van der Waals surface area contributed by atoms with E-state index in [2.05, 4.69) is 28.6 Å². The molecule has 0 aromatic heterocycles. The number of carboxylic acid groups (broad SMARTS) is 2. The number of aliphatic carboxylic acids is 1. The molecule has 14 heteroatoms. The van der Waals surface area contributed by atoms with Gasteiger partial charge < -0.3 is 30.3 Å². The Morgan fingerprint density at radius 1 is 0.974 bits per heavy atom. The summed E-state index contributed by atoms with van der Waals surface area (Å²) in [6, 6.07) is 0. The lowest BCUT2D eigenvalue weighted by molar-refractivity contribution is -0.533. The van der Waals surface area contributed by atoms with E-state index < -0.39 is 10.8 Å². The zero-order valence-corrected chi connectivity index (χ0v) is 24.9. The first-order chi connectivity index (χ1) is 17.6. The second-order valence-corrected chi connectivity index (χ2v) is 9.34. The summed E-state index contributed by atoms with van der Waals surface area (Å²) in [4.78, 5) is 49.8. The third-order valence-corrected chi connectivity index (χ3v) is 4.27. The third kappa shape index (κ3) is 33.3. The average molecular weight is 570 g/mol. The number of Topliss-reactive ketones (excluding diaryl/α,β-unsaturated/α-hetero) is 1. The van der Waals surface area contributed by atoms with E-state index in [-0.39, 0.29) is 30.3 Å². The van der Waals surface area contributed by atoms with Crippen LogP contribution in [0.15, 0.2) is 0 Å². The third-order valence-electron chi connectivity index (χ3n) is 3.77. The number of ether oxygens (including phenoxy) is 2. The van der Waals surface area contributed by atoms with Crippen LogP contribution in [0.1, 0.15) is 61.3 Å². The van der Waals surface area contributed by atoms with Crippen LogP contribution in [0.3, 0.4) is 0 Å². The van der Waals surface area contributed by atoms with Crippen LogP contribution < -0.4 is 16.0 Å². The van der Waals surface area contributed by atoms with Crippen LogP contribution in [-0.4, -0.2) is 109 Å². The topological polar surface area (TPSA) is 183 Å². The van der Waals surface area contributed by atoms with Gasteiger partial charge in [0.05, 0.1) is 33.4 Å². The summed E-state index contributed by atoms with van der Waals surface area (Å²) < 4.78 is 11.5. The van der Waals surface area contributed by atoms with E-state index in [0.717, 1.165) is 0 Å². The minimum Gasteiger partial charge on any atom is -0.483 e. The Bertz CT molecular complexity index is 682. The smallest absolute Gasteiger partial charge is 0.362 e. The molecular formula is C24H49N4O9S+. The first-order valence-corrected chi connectivity index (χ1v) is 12.6. The van der Waals surface area contributed by atoms with Crippen LogP contribution in [0.4, 0.5) is 0 Å². The molecular weight excluding hydrogens is 520 g/mol. The number of carbonyl (C=O) groups is 5. The molecule has 1 unspecified atom stereocenters. The van der Waals surface area contributed by atoms with Crippen molar-refractivity contribution >= 4 is 49.5 Å². The molecule has 5 N–H and O–H groups in total. The average Bonchev–Trinajstić information content (AvgIpc) is 2.81. The molecule has 0 aliphatic carbocycles. The maximum absolute atomic E-state index is 11.6. The van der Waals surface area contributed by atoms with Gasteiger partial charge in [-0.05, 0) is 41.0 Å². The first-order valence-electron chi connectivity index (χ1n) is 12.1. The summed E-state index contributed by atoms with van der Waals surface area (Å²) in [5.41, 5.74) is -0.216. The summed E-state index contributed by atoms with van der Waals surface area (Å²) in [6.45, 7) is 15.0. The fourth-order valence-corrected chi connectivity index (χ4v) is 1.99. The van der Waals surface area contributed by atoms with Crippen molar-refractivity contribution in [2.75, 3.05) is 46.6 Å². The maximum Gasteiger partial charge on any atom is 0.362 e. The number of carboxylic acids is 1. The predicted octanol–water partition coefficient (Wildman–Crippen LogP) is 0.754. The van der Waals surface area contributed by atoms with Crippen molar-refractivity contribution in [3.8, 4) is 0 Å². The molecule has 0 aromatic carbocycles. The SMILES string of the molecule is C/[N+](=C\NCCCC(=O)NC(C)(C)C)C(C)(S)C(=O)O.CC.CC(=O)COCCOCCNC=O.O=CO. The van der Waals surface area contributed by atoms with Crippen molar-refractivity contribution in [2.24, 2.45) is 0 Å². The van der Waals surface area contributed by atoms with Crippen molar-refractivity contribution in [2.45, 2.75) is 71.7 Å². The van der Waals surface area contributed by atoms with E-state index in [9.17, 15) is 19.2 Å². The second-order valence-electron chi connectivity index (χ2n) is 8.47. The van der Waals surface area contributed by atoms with Crippen molar-refractivity contribution in [3.63, 3.8) is 0 Å². The summed E-state index contributed by atoms with van der Waals surface area (Å²) in [5, 5.41) is 24.2. The number of ketones is 1. The molecule has 0 fully saturated rings. The van der Waals surface area contributed by atoms with Crippen molar-refractivity contribution < 1.29 is 48.2 Å². The lowest BCUT2D eigenvalue weighted by atomic mass is 10.1. The summed E-state index contributed by atoms with van der Waals surface area (Å²) in [7, 11) is 1.63. The van der Waals surface area contributed by atoms with Gasteiger partial charge in [0.25, 0.3) is 6.47 Å². The normalized spacial score (nSPS) is 11.9. The maximum atomic E-state index is 11.6. The Morgan fingerprint density at radius 2 is 1.50 bits per heavy atom. The van der Waals surface area contributed by atoms with Crippen molar-refractivity contribution in [1.82, 2.24) is 16.0 Å². The first kappa shape index (κ1) is 42.4. The number of carbonyl (C=O) groups excluding carboxylic acids is 3. The Hall–Kier alpha value is -2.71. The number of likely N-dealkylation sites (N-methyl/N-ethyl adjacent to an activating group) is 1. The molecule has 0 bridgehead atoms. The molecule has 0 heterocycles. The van der Waals surface area contributed by atoms with Crippen LogP contribution in [0.25, 0.3) is 0 Å². The molecule has 0 saturated heterocycles. The summed E-state index contributed by atoms with van der Waals surface area (Å²) in [5.74, 6) is -1.01. The number of rotatable bonds is 16. The molecule has 224 valence electrons. The molecule has 1 atom stereocenters. The molecule has 0 radical (unpaired) electrons. The van der Waals surface area contributed by atoms with Gasteiger partial charge in [0.1, 0.15) is 6.61 Å². The Labute approximate surface area is 232 Å². The number of thiol groups is 1. The molecule has 38 heavy (non-hydrogen) atoms. The highest BCUT2D eigenvalue weighted by atomic mass is 32.1. The van der Waals surface area contributed by atoms with E-state index in [0.29, 0.717) is 52.2 Å². The molecule has 0 aliphatic rings. The van der Waals surface area contributed by atoms with Gasteiger partial charge in [0.15, 0.2) is 5.78 Å². The minimum atomic E-state index is -1.27. The molecule has 0 spiro atoms. The standard InChI is InChI=1S/C13H25N3O3S.C8H15NO4.C2H6.CH2O2/c1-12(2,3)15-10(17)7-6-8-14-9-16(5)13(4,20)11(18)19;1-8(11)6-13-5-4-12-3-2-9-7-10;1-2;2-1-3/h9H,6-8H2,1-5H3,(H3,15,17,18,19,20);7H,2-6H2,1H3,(H,9,10);1-2H3;1H,(H,2,3)/p+1. The molecule has 0 rings (SSSR count). The van der Waals surface area contributed by atoms with Crippen molar-refractivity contribution in [1.29, 1.82) is 0 Å². The largest absolute Gasteiger partial charge is 0.483 e. The van der Waals surface area contributed by atoms with Gasteiger partial charge in [-0.1, -0.05) is 13.8 Å². The van der Waals surface area contributed by atoms with E-state index in [1.807, 2.05) is 34.6 Å². The van der Waals surface area contributed by atoms with Crippen LogP contribution >= 0.6 is 12.6 Å². The van der Waals surface area contributed by atoms with Gasteiger partial charge in [-0.2, -0.15) is 0 Å². The summed E-state index contributed by atoms with van der Waals surface area (Å²) in [6.07, 6.45) is 3.28. The van der Waals surface area contributed by atoms with Gasteiger partial charge in [-0.15, -0.1) is 12.6 Å². The summed E-state index contributed by atoms with van der Waals surface area (Å²) >= 11 is 4.07. The van der Waals surface area contributed by atoms with E-state index in [4.69, 9.17) is 24.5 Å². The molecule has 0 aliphatic heterocycles. The van der Waals surface area contributed by atoms with E-state index in [1.165, 1.54) is 18.4 Å². The number of nitrogens with zero attached hydrogens (tertiary/aromatic N) is 1. The van der Waals surface area contributed by atoms with Gasteiger partial charge in [0.2, 0.25) is 23.5 Å². The lowest BCUT2D eigenvalue weighted by Gasteiger charge is -2.20. The molecule has 0 aromatic rings. The zero-order valence-electron chi connectivity index (χ0n) is 24.0. The second kappa shape index (κ2) is 27.3. The lowest BCUT2D eigenvalue weighted by Crippen LogP contribution is -2.42. The van der Waals surface area contributed by atoms with Crippen molar-refractivity contribution in [3.05, 3.63) is 0 Å². The Balaban J connectivity index is -0.000000275. The van der Waals surface area contributed by atoms with Crippen LogP contribution in [-0.2, 0) is 33.4 Å². The van der Waals surface area contributed by atoms with E-state index in [1.54, 1.807) is 13.4 Å². The fourth-order valence-electron chi connectivity index (χ4n) is 1.94. The number of hydrogen-bond acceptors (Lipinski definition) is 8. The number of hydrogen-bond donors (Lipinski definition) is 6. The van der Waals surface area contributed by atoms with Crippen LogP contribution in [0, 0.1) is 0 Å². The minimum absolute atomic E-state index is 0.00243. The van der Waals surface area contributed by atoms with Gasteiger partial charge >= 0.3 is 5.97 Å². The predicted molar refractivity (Wildman–Crippen MR) is 149 cm³/mol. The van der Waals surface area contributed by atoms with Crippen LogP contribution in [0.5, 0.6) is 0 Å². The van der Waals surface area contributed by atoms with Crippen LogP contribution in [0.2, 0.25) is 0 Å². The monoisotopic (exact) mass is 569 g/mol. The van der Waals surface area contributed by atoms with Gasteiger partial charge in [-0.3, -0.25) is 24.5 Å². The van der Waals surface area contributed by atoms with Gasteiger partial charge in [-0.25, -0.2) is 9.37 Å². The Kier molecular flexibility index (Phi) is 30.5. The number of amides is 2. The molecule has 2 amide bonds. The van der Waals surface area contributed by atoms with Gasteiger partial charge in [0, 0.05) is 18.5 Å². The fraction of sp³-hybridized carbons (Fsp3) is 0.750.